The van der Waals surface area contributed by atoms with Crippen molar-refractivity contribution < 1.29 is 13.2 Å². The third-order valence-electron chi connectivity index (χ3n) is 4.35. The van der Waals surface area contributed by atoms with Crippen LogP contribution in [0.15, 0.2) is 48.7 Å². The minimum atomic E-state index is -3.36. The van der Waals surface area contributed by atoms with Crippen LogP contribution in [0.2, 0.25) is 0 Å². The summed E-state index contributed by atoms with van der Waals surface area (Å²) in [5.74, 6) is 0. The van der Waals surface area contributed by atoms with Crippen LogP contribution in [-0.4, -0.2) is 33.0 Å². The van der Waals surface area contributed by atoms with Gasteiger partial charge in [-0.2, -0.15) is 5.26 Å². The molecule has 0 radical (unpaired) electrons. The van der Waals surface area contributed by atoms with Gasteiger partial charge in [0, 0.05) is 24.3 Å². The molecule has 0 saturated heterocycles. The van der Waals surface area contributed by atoms with Crippen molar-refractivity contribution in [2.24, 2.45) is 0 Å². The Hall–Kier alpha value is -2.82. The molecule has 1 atom stereocenters. The van der Waals surface area contributed by atoms with Gasteiger partial charge in [0.2, 0.25) is 10.0 Å². The van der Waals surface area contributed by atoms with Crippen LogP contribution in [-0.2, 0) is 14.8 Å². The quantitative estimate of drug-likeness (QED) is 0.702. The van der Waals surface area contributed by atoms with Crippen LogP contribution in [0.3, 0.4) is 0 Å². The van der Waals surface area contributed by atoms with Gasteiger partial charge in [-0.05, 0) is 36.8 Å². The first-order chi connectivity index (χ1) is 12.8. The second-order valence-electron chi connectivity index (χ2n) is 6.55. The van der Waals surface area contributed by atoms with E-state index >= 15 is 0 Å². The molecule has 0 fully saturated rings. The van der Waals surface area contributed by atoms with Gasteiger partial charge in [-0.15, -0.1) is 0 Å². The molecular formula is C20H21N3O3S. The molecule has 0 aliphatic carbocycles. The van der Waals surface area contributed by atoms with E-state index in [-0.39, 0.29) is 6.04 Å². The summed E-state index contributed by atoms with van der Waals surface area (Å²) < 4.78 is 33.1. The summed E-state index contributed by atoms with van der Waals surface area (Å²) in [6.07, 6.45) is 3.17. The normalized spacial score (nSPS) is 12.7. The van der Waals surface area contributed by atoms with Crippen LogP contribution in [0.4, 0.5) is 5.69 Å². The molecule has 2 aromatic carbocycles. The molecule has 0 saturated carbocycles. The summed E-state index contributed by atoms with van der Waals surface area (Å²) >= 11 is 0. The van der Waals surface area contributed by atoms with Gasteiger partial charge >= 0.3 is 0 Å². The van der Waals surface area contributed by atoms with Crippen LogP contribution < -0.4 is 4.72 Å². The van der Waals surface area contributed by atoms with Gasteiger partial charge in [-0.25, -0.2) is 8.42 Å². The lowest BCUT2D eigenvalue weighted by molar-refractivity contribution is 0.164. The van der Waals surface area contributed by atoms with Crippen molar-refractivity contribution in [1.82, 2.24) is 4.57 Å². The Kier molecular flexibility index (Phi) is 5.22. The number of hydrogen-bond donors (Lipinski definition) is 1. The summed E-state index contributed by atoms with van der Waals surface area (Å²) in [5, 5.41) is 10.0. The van der Waals surface area contributed by atoms with Crippen molar-refractivity contribution in [3.8, 4) is 17.2 Å². The molecular weight excluding hydrogens is 362 g/mol. The van der Waals surface area contributed by atoms with Gasteiger partial charge in [0.15, 0.2) is 0 Å². The van der Waals surface area contributed by atoms with Gasteiger partial charge in [0.25, 0.3) is 0 Å². The second-order valence-corrected chi connectivity index (χ2v) is 8.30. The maximum atomic E-state index is 11.6. The van der Waals surface area contributed by atoms with E-state index < -0.39 is 10.0 Å². The molecule has 3 aromatic rings. The number of aromatic nitrogens is 1. The average Bonchev–Trinajstić information content (AvgIpc) is 2.99. The number of nitriles is 1. The molecule has 1 unspecified atom stereocenters. The molecule has 0 spiro atoms. The number of ether oxygens (including phenoxy) is 1. The summed E-state index contributed by atoms with van der Waals surface area (Å²) in [7, 11) is -1.70. The highest BCUT2D eigenvalue weighted by Crippen LogP contribution is 2.34. The van der Waals surface area contributed by atoms with Gasteiger partial charge in [-0.1, -0.05) is 18.2 Å². The first-order valence-corrected chi connectivity index (χ1v) is 10.3. The third kappa shape index (κ3) is 4.13. The molecule has 1 heterocycles. The molecule has 27 heavy (non-hydrogen) atoms. The molecule has 0 aliphatic heterocycles. The Balaban J connectivity index is 2.17. The lowest BCUT2D eigenvalue weighted by Gasteiger charge is -2.14. The molecule has 7 heteroatoms. The zero-order chi connectivity index (χ0) is 19.6. The van der Waals surface area contributed by atoms with E-state index in [2.05, 4.69) is 15.4 Å². The van der Waals surface area contributed by atoms with E-state index in [0.29, 0.717) is 17.9 Å². The molecule has 6 nitrogen and oxygen atoms in total. The predicted octanol–water partition coefficient (Wildman–Crippen LogP) is 3.76. The molecule has 140 valence electrons. The van der Waals surface area contributed by atoms with Gasteiger partial charge in [0.05, 0.1) is 41.7 Å². The van der Waals surface area contributed by atoms with Crippen molar-refractivity contribution in [2.75, 3.05) is 24.7 Å². The van der Waals surface area contributed by atoms with E-state index in [9.17, 15) is 8.42 Å². The zero-order valence-corrected chi connectivity index (χ0v) is 16.2. The van der Waals surface area contributed by atoms with Crippen LogP contribution >= 0.6 is 0 Å². The number of benzene rings is 2. The van der Waals surface area contributed by atoms with Crippen LogP contribution in [0, 0.1) is 11.3 Å². The van der Waals surface area contributed by atoms with Crippen LogP contribution in [0.5, 0.6) is 0 Å². The average molecular weight is 383 g/mol. The van der Waals surface area contributed by atoms with Gasteiger partial charge in [-0.3, -0.25) is 4.72 Å². The van der Waals surface area contributed by atoms with Crippen LogP contribution in [0.25, 0.3) is 22.0 Å². The largest absolute Gasteiger partial charge is 0.383 e. The number of fused-ring (bicyclic) bond motifs is 1. The number of nitrogens with zero attached hydrogens (tertiary/aromatic N) is 2. The van der Waals surface area contributed by atoms with E-state index in [1.807, 2.05) is 37.4 Å². The summed E-state index contributed by atoms with van der Waals surface area (Å²) in [5.41, 5.74) is 4.04. The molecule has 0 aliphatic rings. The van der Waals surface area contributed by atoms with Crippen molar-refractivity contribution >= 4 is 26.6 Å². The number of anilines is 1. The van der Waals surface area contributed by atoms with Crippen molar-refractivity contribution in [2.45, 2.75) is 13.0 Å². The van der Waals surface area contributed by atoms with Gasteiger partial charge < -0.3 is 9.30 Å². The SMILES string of the molecule is COCC(C)n1cc(-c2ccc(C#N)cc2)c2ccc(NS(C)(=O)=O)cc21. The molecule has 0 bridgehead atoms. The number of hydrogen-bond acceptors (Lipinski definition) is 4. The smallest absolute Gasteiger partial charge is 0.229 e. The molecule has 0 amide bonds. The summed E-state index contributed by atoms with van der Waals surface area (Å²) in [6, 6.07) is 15.1. The Morgan fingerprint density at radius 3 is 2.52 bits per heavy atom. The lowest BCUT2D eigenvalue weighted by atomic mass is 10.0. The monoisotopic (exact) mass is 383 g/mol. The van der Waals surface area contributed by atoms with E-state index in [0.717, 1.165) is 28.3 Å². The minimum absolute atomic E-state index is 0.0677. The van der Waals surface area contributed by atoms with Crippen LogP contribution in [0.1, 0.15) is 18.5 Å². The Morgan fingerprint density at radius 1 is 1.22 bits per heavy atom. The van der Waals surface area contributed by atoms with Crippen molar-refractivity contribution in [1.29, 1.82) is 5.26 Å². The topological polar surface area (TPSA) is 84.1 Å². The Labute approximate surface area is 159 Å². The van der Waals surface area contributed by atoms with E-state index in [1.54, 1.807) is 25.3 Å². The molecule has 1 N–H and O–H groups in total. The van der Waals surface area contributed by atoms with Crippen molar-refractivity contribution in [3.63, 3.8) is 0 Å². The third-order valence-corrected chi connectivity index (χ3v) is 4.95. The zero-order valence-electron chi connectivity index (χ0n) is 15.4. The summed E-state index contributed by atoms with van der Waals surface area (Å²) in [6.45, 7) is 2.57. The van der Waals surface area contributed by atoms with E-state index in [4.69, 9.17) is 10.00 Å². The highest BCUT2D eigenvalue weighted by Gasteiger charge is 2.15. The Morgan fingerprint density at radius 2 is 1.93 bits per heavy atom. The number of nitrogens with one attached hydrogen (secondary N) is 1. The lowest BCUT2D eigenvalue weighted by Crippen LogP contribution is -2.11. The second kappa shape index (κ2) is 7.43. The van der Waals surface area contributed by atoms with E-state index in [1.165, 1.54) is 0 Å². The first-order valence-electron chi connectivity index (χ1n) is 8.44. The van der Waals surface area contributed by atoms with Crippen molar-refractivity contribution in [3.05, 3.63) is 54.2 Å². The molecule has 3 rings (SSSR count). The highest BCUT2D eigenvalue weighted by atomic mass is 32.2. The standard InChI is InChI=1S/C20H21N3O3S/c1-14(13-26-2)23-12-19(16-6-4-15(11-21)5-7-16)18-9-8-17(10-20(18)23)22-27(3,24)25/h4-10,12,14,22H,13H2,1-3H3. The fourth-order valence-electron chi connectivity index (χ4n) is 3.17. The maximum Gasteiger partial charge on any atom is 0.229 e. The fourth-order valence-corrected chi connectivity index (χ4v) is 3.72. The van der Waals surface area contributed by atoms with Gasteiger partial charge in [0.1, 0.15) is 0 Å². The number of methoxy groups -OCH3 is 1. The maximum absolute atomic E-state index is 11.6. The molecule has 1 aromatic heterocycles. The summed E-state index contributed by atoms with van der Waals surface area (Å²) in [4.78, 5) is 0. The number of sulfonamides is 1. The fraction of sp³-hybridized carbons (Fsp3) is 0.250. The minimum Gasteiger partial charge on any atom is -0.383 e. The first kappa shape index (κ1) is 19.0. The Bertz CT molecular complexity index is 1110. The number of rotatable bonds is 6. The highest BCUT2D eigenvalue weighted by molar-refractivity contribution is 7.92. The predicted molar refractivity (Wildman–Crippen MR) is 107 cm³/mol.